The standard InChI is InChI=1S/C26H41N3O6S/c1-7-16(4)18(12-22(31)19-10-8-9-11-27-19)25(32)29(6)21(15(2)3)13-23(35-17(5)30)24-28-20(14-36-24)26(33)34/h14-16,18-19,21,23,27H,7-13H2,1-6H3,(H,33,34)/t16-,18+,19-,21+,23+/m0/s1. The number of carbonyl (C=O) groups excluding carboxylic acids is 3. The number of rotatable bonds is 13. The Kier molecular flexibility index (Phi) is 11.5. The van der Waals surface area contributed by atoms with Gasteiger partial charge in [0.05, 0.1) is 6.04 Å². The van der Waals surface area contributed by atoms with Gasteiger partial charge in [-0.1, -0.05) is 40.5 Å². The molecule has 0 bridgehead atoms. The molecule has 1 aromatic rings. The maximum Gasteiger partial charge on any atom is 0.355 e. The number of amides is 1. The number of thiazole rings is 1. The largest absolute Gasteiger partial charge is 0.476 e. The molecule has 1 saturated heterocycles. The smallest absolute Gasteiger partial charge is 0.355 e. The van der Waals surface area contributed by atoms with E-state index in [0.717, 1.165) is 43.6 Å². The Morgan fingerprint density at radius 3 is 2.44 bits per heavy atom. The number of esters is 1. The molecule has 2 heterocycles. The molecule has 0 aliphatic carbocycles. The topological polar surface area (TPSA) is 126 Å². The van der Waals surface area contributed by atoms with Crippen molar-refractivity contribution in [3.63, 3.8) is 0 Å². The summed E-state index contributed by atoms with van der Waals surface area (Å²) in [6.07, 6.45) is 3.35. The fourth-order valence-electron chi connectivity index (χ4n) is 4.76. The van der Waals surface area contributed by atoms with Crippen molar-refractivity contribution in [2.75, 3.05) is 13.6 Å². The maximum atomic E-state index is 13.8. The zero-order chi connectivity index (χ0) is 27.0. The Labute approximate surface area is 218 Å². The van der Waals surface area contributed by atoms with Crippen LogP contribution in [0.1, 0.15) is 94.7 Å². The molecular formula is C26H41N3O6S. The zero-order valence-corrected chi connectivity index (χ0v) is 23.1. The summed E-state index contributed by atoms with van der Waals surface area (Å²) in [5.41, 5.74) is -0.107. The third-order valence-electron chi connectivity index (χ3n) is 7.16. The van der Waals surface area contributed by atoms with Crippen LogP contribution >= 0.6 is 11.3 Å². The van der Waals surface area contributed by atoms with Gasteiger partial charge < -0.3 is 20.1 Å². The molecule has 1 aliphatic rings. The number of hydrogen-bond acceptors (Lipinski definition) is 8. The van der Waals surface area contributed by atoms with Gasteiger partial charge in [-0.15, -0.1) is 11.3 Å². The monoisotopic (exact) mass is 523 g/mol. The summed E-state index contributed by atoms with van der Waals surface area (Å²) in [5, 5.41) is 14.3. The first kappa shape index (κ1) is 29.9. The van der Waals surface area contributed by atoms with E-state index in [9.17, 15) is 24.3 Å². The van der Waals surface area contributed by atoms with Crippen LogP contribution in [0.5, 0.6) is 0 Å². The van der Waals surface area contributed by atoms with Crippen molar-refractivity contribution >= 4 is 35.0 Å². The molecule has 1 aliphatic heterocycles. The highest BCUT2D eigenvalue weighted by Gasteiger charge is 2.36. The Bertz CT molecular complexity index is 911. The minimum atomic E-state index is -1.15. The number of carboxylic acid groups (broad SMARTS) is 1. The predicted molar refractivity (Wildman–Crippen MR) is 138 cm³/mol. The molecular weight excluding hydrogens is 482 g/mol. The Morgan fingerprint density at radius 2 is 1.94 bits per heavy atom. The summed E-state index contributed by atoms with van der Waals surface area (Å²) < 4.78 is 5.53. The summed E-state index contributed by atoms with van der Waals surface area (Å²) in [6.45, 7) is 10.1. The van der Waals surface area contributed by atoms with E-state index in [1.54, 1.807) is 11.9 Å². The Morgan fingerprint density at radius 1 is 1.25 bits per heavy atom. The van der Waals surface area contributed by atoms with Crippen molar-refractivity contribution in [3.05, 3.63) is 16.1 Å². The Balaban J connectivity index is 2.25. The molecule has 0 spiro atoms. The van der Waals surface area contributed by atoms with E-state index in [1.807, 2.05) is 27.7 Å². The summed E-state index contributed by atoms with van der Waals surface area (Å²) in [7, 11) is 1.74. The van der Waals surface area contributed by atoms with Gasteiger partial charge in [-0.25, -0.2) is 9.78 Å². The van der Waals surface area contributed by atoms with Crippen LogP contribution in [0.15, 0.2) is 5.38 Å². The van der Waals surface area contributed by atoms with Crippen LogP contribution in [0.3, 0.4) is 0 Å². The molecule has 2 rings (SSSR count). The minimum absolute atomic E-state index is 0.0178. The lowest BCUT2D eigenvalue weighted by Crippen LogP contribution is -2.47. The number of piperidine rings is 1. The Hall–Kier alpha value is -2.33. The first-order valence-electron chi connectivity index (χ1n) is 12.8. The number of carboxylic acids is 1. The first-order chi connectivity index (χ1) is 17.0. The van der Waals surface area contributed by atoms with Crippen LogP contribution in [0.4, 0.5) is 0 Å². The molecule has 0 unspecified atom stereocenters. The van der Waals surface area contributed by atoms with Gasteiger partial charge >= 0.3 is 11.9 Å². The molecule has 1 fully saturated rings. The average Bonchev–Trinajstić information content (AvgIpc) is 3.34. The second-order valence-electron chi connectivity index (χ2n) is 10.1. The molecule has 10 heteroatoms. The van der Waals surface area contributed by atoms with E-state index in [2.05, 4.69) is 10.3 Å². The van der Waals surface area contributed by atoms with Crippen LogP contribution in [-0.4, -0.2) is 64.3 Å². The van der Waals surface area contributed by atoms with Gasteiger partial charge in [0.2, 0.25) is 5.91 Å². The predicted octanol–water partition coefficient (Wildman–Crippen LogP) is 4.08. The van der Waals surface area contributed by atoms with E-state index >= 15 is 0 Å². The minimum Gasteiger partial charge on any atom is -0.476 e. The summed E-state index contributed by atoms with van der Waals surface area (Å²) in [5.74, 6) is -2.07. The number of nitrogens with zero attached hydrogens (tertiary/aromatic N) is 2. The van der Waals surface area contributed by atoms with Crippen LogP contribution in [0.25, 0.3) is 0 Å². The molecule has 2 N–H and O–H groups in total. The van der Waals surface area contributed by atoms with E-state index in [0.29, 0.717) is 5.01 Å². The van der Waals surface area contributed by atoms with Crippen molar-refractivity contribution in [1.29, 1.82) is 0 Å². The lowest BCUT2D eigenvalue weighted by molar-refractivity contribution is -0.149. The number of aromatic nitrogens is 1. The molecule has 1 aromatic heterocycles. The molecule has 36 heavy (non-hydrogen) atoms. The van der Waals surface area contributed by atoms with E-state index in [-0.39, 0.29) is 54.1 Å². The lowest BCUT2D eigenvalue weighted by atomic mass is 9.83. The number of nitrogens with one attached hydrogen (secondary N) is 1. The van der Waals surface area contributed by atoms with Gasteiger partial charge in [0.1, 0.15) is 5.01 Å². The molecule has 0 saturated carbocycles. The van der Waals surface area contributed by atoms with Gasteiger partial charge in [0.15, 0.2) is 17.6 Å². The third-order valence-corrected chi connectivity index (χ3v) is 8.10. The van der Waals surface area contributed by atoms with Gasteiger partial charge in [-0.05, 0) is 31.2 Å². The number of hydrogen-bond donors (Lipinski definition) is 2. The van der Waals surface area contributed by atoms with E-state index in [1.165, 1.54) is 12.3 Å². The highest BCUT2D eigenvalue weighted by Crippen LogP contribution is 2.32. The van der Waals surface area contributed by atoms with Gasteiger partial charge in [-0.2, -0.15) is 0 Å². The van der Waals surface area contributed by atoms with E-state index < -0.39 is 24.0 Å². The normalized spacial score (nSPS) is 19.2. The summed E-state index contributed by atoms with van der Waals surface area (Å²) in [6, 6.07) is -0.500. The van der Waals surface area contributed by atoms with Crippen molar-refractivity contribution in [2.24, 2.45) is 17.8 Å². The molecule has 0 radical (unpaired) electrons. The summed E-state index contributed by atoms with van der Waals surface area (Å²) in [4.78, 5) is 55.8. The lowest BCUT2D eigenvalue weighted by Gasteiger charge is -2.37. The van der Waals surface area contributed by atoms with Crippen molar-refractivity contribution < 1.29 is 29.0 Å². The van der Waals surface area contributed by atoms with Gasteiger partial charge in [0.25, 0.3) is 0 Å². The molecule has 5 atom stereocenters. The fraction of sp³-hybridized carbons (Fsp3) is 0.731. The molecule has 0 aromatic carbocycles. The first-order valence-corrected chi connectivity index (χ1v) is 13.7. The van der Waals surface area contributed by atoms with Gasteiger partial charge in [0, 0.05) is 44.2 Å². The van der Waals surface area contributed by atoms with Crippen LogP contribution in [0, 0.1) is 17.8 Å². The SMILES string of the molecule is CC[C@H](C)[C@@H](CC(=O)[C@@H]1CCCCN1)C(=O)N(C)[C@H](C[C@@H](OC(C)=O)c1nc(C(=O)O)cs1)C(C)C. The second kappa shape index (κ2) is 13.8. The number of carbonyl (C=O) groups is 4. The van der Waals surface area contributed by atoms with Crippen molar-refractivity contribution in [3.8, 4) is 0 Å². The van der Waals surface area contributed by atoms with Crippen LogP contribution in [0.2, 0.25) is 0 Å². The number of Topliss-reactive ketones (excluding diaryl/α,β-unsaturated/α-hetero) is 1. The number of ether oxygens (including phenoxy) is 1. The van der Waals surface area contributed by atoms with Crippen LogP contribution in [-0.2, 0) is 19.1 Å². The zero-order valence-electron chi connectivity index (χ0n) is 22.3. The van der Waals surface area contributed by atoms with E-state index in [4.69, 9.17) is 4.74 Å². The highest BCUT2D eigenvalue weighted by molar-refractivity contribution is 7.09. The quantitative estimate of drug-likeness (QED) is 0.371. The van der Waals surface area contributed by atoms with Gasteiger partial charge in [-0.3, -0.25) is 14.4 Å². The molecule has 1 amide bonds. The average molecular weight is 524 g/mol. The third kappa shape index (κ3) is 8.09. The van der Waals surface area contributed by atoms with Crippen molar-refractivity contribution in [2.45, 2.75) is 91.3 Å². The van der Waals surface area contributed by atoms with Crippen molar-refractivity contribution in [1.82, 2.24) is 15.2 Å². The fourth-order valence-corrected chi connectivity index (χ4v) is 5.59. The van der Waals surface area contributed by atoms with Crippen LogP contribution < -0.4 is 5.32 Å². The number of aromatic carboxylic acids is 1. The number of ketones is 1. The highest BCUT2D eigenvalue weighted by atomic mass is 32.1. The molecule has 202 valence electrons. The second-order valence-corrected chi connectivity index (χ2v) is 11.0. The molecule has 9 nitrogen and oxygen atoms in total. The summed E-state index contributed by atoms with van der Waals surface area (Å²) >= 11 is 1.12. The maximum absolute atomic E-state index is 13.8.